The number of nitrogens with zero attached hydrogens (tertiary/aromatic N) is 2. The number of rotatable bonds is 9. The van der Waals surface area contributed by atoms with E-state index in [0.29, 0.717) is 24.2 Å². The predicted molar refractivity (Wildman–Crippen MR) is 187 cm³/mol. The third-order valence-corrected chi connectivity index (χ3v) is 14.2. The molecule has 0 heterocycles. The fourth-order valence-electron chi connectivity index (χ4n) is 8.44. The number of hydrogen-bond acceptors (Lipinski definition) is 2. The van der Waals surface area contributed by atoms with E-state index in [9.17, 15) is 12.9 Å². The molecule has 0 aromatic carbocycles. The van der Waals surface area contributed by atoms with Gasteiger partial charge in [0, 0.05) is 32.1 Å². The second-order valence-electron chi connectivity index (χ2n) is 14.1. The van der Waals surface area contributed by atoms with Gasteiger partial charge in [-0.1, -0.05) is 25.7 Å². The normalized spacial score (nSPS) is 24.0. The largest absolute Gasteiger partial charge is 1.00 e. The summed E-state index contributed by atoms with van der Waals surface area (Å²) < 4.78 is 29.0. The second kappa shape index (κ2) is 25.5. The van der Waals surface area contributed by atoms with Crippen LogP contribution >= 0.6 is 17.6 Å². The Bertz CT molecular complexity index is 692. The molecular formula is C35H64BClF4N2PRh. The van der Waals surface area contributed by atoms with E-state index in [4.69, 9.17) is 0 Å². The van der Waals surface area contributed by atoms with Gasteiger partial charge in [-0.15, -0.1) is 0 Å². The number of halogens is 5. The summed E-state index contributed by atoms with van der Waals surface area (Å²) in [5, 5.41) is 0. The van der Waals surface area contributed by atoms with Gasteiger partial charge in [0.1, 0.15) is 5.66 Å². The van der Waals surface area contributed by atoms with Crippen molar-refractivity contribution in [2.45, 2.75) is 199 Å². The molecule has 0 spiro atoms. The quantitative estimate of drug-likeness (QED) is 0.101. The van der Waals surface area contributed by atoms with Crippen molar-refractivity contribution in [1.29, 1.82) is 0 Å². The Morgan fingerprint density at radius 1 is 0.644 bits per heavy atom. The first-order valence-electron chi connectivity index (χ1n) is 17.5. The van der Waals surface area contributed by atoms with Gasteiger partial charge in [0.2, 0.25) is 0 Å². The van der Waals surface area contributed by atoms with E-state index in [1.807, 2.05) is 17.3 Å². The summed E-state index contributed by atoms with van der Waals surface area (Å²) >= 11 is 2.02. The van der Waals surface area contributed by atoms with E-state index in [0.717, 1.165) is 54.7 Å². The summed E-state index contributed by atoms with van der Waals surface area (Å²) in [6, 6.07) is 4.25. The summed E-state index contributed by atoms with van der Waals surface area (Å²) in [6.07, 6.45) is 30.3. The molecule has 0 bridgehead atoms. The minimum Gasteiger partial charge on any atom is -1.00 e. The average molecular weight is 769 g/mol. The van der Waals surface area contributed by atoms with Crippen molar-refractivity contribution < 1.29 is 35.0 Å². The summed E-state index contributed by atoms with van der Waals surface area (Å²) in [5.74, 6) is 0. The molecule has 4 aliphatic rings. The van der Waals surface area contributed by atoms with Gasteiger partial charge in [-0.3, -0.25) is 34.9 Å². The van der Waals surface area contributed by atoms with Crippen molar-refractivity contribution in [2.75, 3.05) is 0 Å². The first-order chi connectivity index (χ1) is 21.0. The topological polar surface area (TPSA) is 6.48 Å². The van der Waals surface area contributed by atoms with Crippen molar-refractivity contribution >= 4 is 25.2 Å². The van der Waals surface area contributed by atoms with Crippen LogP contribution in [0.15, 0.2) is 12.2 Å². The van der Waals surface area contributed by atoms with Gasteiger partial charge in [0.05, 0.1) is 23.4 Å². The van der Waals surface area contributed by atoms with Crippen LogP contribution in [0.1, 0.15) is 145 Å². The van der Waals surface area contributed by atoms with Crippen LogP contribution in [0.3, 0.4) is 0 Å². The molecule has 3 saturated carbocycles. The van der Waals surface area contributed by atoms with Crippen LogP contribution in [-0.4, -0.2) is 70.6 Å². The van der Waals surface area contributed by atoms with Crippen LogP contribution in [0.25, 0.3) is 0 Å². The Balaban J connectivity index is 0.00000108. The molecule has 266 valence electrons. The van der Waals surface area contributed by atoms with E-state index >= 15 is 0 Å². The van der Waals surface area contributed by atoms with E-state index < -0.39 is 7.54 Å². The Morgan fingerprint density at radius 2 is 0.933 bits per heavy atom. The van der Waals surface area contributed by atoms with Crippen molar-refractivity contribution in [3.63, 3.8) is 0 Å². The maximum absolute atomic E-state index is 9.67. The smallest absolute Gasteiger partial charge is 1.00 e. The molecule has 2 unspecified atom stereocenters. The van der Waals surface area contributed by atoms with Gasteiger partial charge in [-0.25, -0.2) is 0 Å². The zero-order valence-corrected chi connectivity index (χ0v) is 32.8. The van der Waals surface area contributed by atoms with Crippen molar-refractivity contribution in [2.24, 2.45) is 0 Å². The fourth-order valence-corrected chi connectivity index (χ4v) is 13.8. The maximum atomic E-state index is 9.67. The standard InChI is InChI=1S/C27H53N2P.C8H10.BF3.ClH.FH.Rh/c1-19(2)28(20(3)4)25-26(29(21(5)6)22(7)8)27(25)30(23-15-11-9-12-16-23)24-17-13-10-14-18-24;1-2-4-6-8-7-5-3-1;2-1(3)4;;;/h19-27H,9-18H2,1-8H3;1,8H,2,4-5,7H2;;2*1H;/q;-2;;;;+3/p-1. The molecule has 2 atom stereocenters. The summed E-state index contributed by atoms with van der Waals surface area (Å²) in [6.45, 7) is 19.6. The minimum atomic E-state index is -3.67. The van der Waals surface area contributed by atoms with E-state index in [1.54, 1.807) is 25.7 Å². The Kier molecular flexibility index (Phi) is 25.8. The van der Waals surface area contributed by atoms with Gasteiger partial charge in [-0.2, -0.15) is 12.8 Å². The predicted octanol–water partition coefficient (Wildman–Crippen LogP) is 8.07. The van der Waals surface area contributed by atoms with Crippen LogP contribution in [-0.2, 0) is 17.3 Å². The van der Waals surface area contributed by atoms with E-state index in [1.165, 1.54) is 38.5 Å². The van der Waals surface area contributed by atoms with Crippen molar-refractivity contribution in [1.82, 2.24) is 9.80 Å². The van der Waals surface area contributed by atoms with Crippen LogP contribution in [0.5, 0.6) is 0 Å². The molecule has 0 saturated heterocycles. The van der Waals surface area contributed by atoms with Crippen LogP contribution < -0.4 is 4.70 Å². The van der Waals surface area contributed by atoms with Crippen molar-refractivity contribution in [3.8, 4) is 0 Å². The molecule has 3 fully saturated rings. The molecule has 0 aromatic heterocycles. The summed E-state index contributed by atoms with van der Waals surface area (Å²) in [7, 11) is 0.509. The fraction of sp³-hybridized carbons (Fsp3) is 0.886. The maximum Gasteiger partial charge on any atom is -1.00 e. The molecule has 0 amide bonds. The second-order valence-corrected chi connectivity index (χ2v) is 17.4. The first kappa shape index (κ1) is 45.5. The Hall–Kier alpha value is 0.528. The molecule has 45 heavy (non-hydrogen) atoms. The SMILES string of the molecule is CC(C)N(C(C)C)C1C(N(C(C)C)C(C)C)C1[PH+](C1CCCCC1)C1CCCCC1.FB(F)F.[C-]1=CCC[C-]=CCC1.[Cl][Rh+2].[F-]. The van der Waals surface area contributed by atoms with Crippen LogP contribution in [0.2, 0.25) is 0 Å². The van der Waals surface area contributed by atoms with Gasteiger partial charge >= 0.3 is 34.5 Å². The number of allylic oxidation sites excluding steroid dienone is 4. The van der Waals surface area contributed by atoms with Gasteiger partial charge in [-0.05, 0) is 107 Å². The molecule has 4 aliphatic carbocycles. The molecular weight excluding hydrogens is 705 g/mol. The molecule has 10 heteroatoms. The van der Waals surface area contributed by atoms with Crippen LogP contribution in [0.4, 0.5) is 12.9 Å². The summed E-state index contributed by atoms with van der Waals surface area (Å²) in [5.41, 5.74) is 3.20. The zero-order chi connectivity index (χ0) is 33.2. The molecule has 0 aliphatic heterocycles. The summed E-state index contributed by atoms with van der Waals surface area (Å²) in [4.78, 5) is 5.87. The third kappa shape index (κ3) is 16.2. The zero-order valence-electron chi connectivity index (χ0n) is 29.4. The molecule has 0 N–H and O–H groups in total. The molecule has 4 rings (SSSR count). The first-order valence-corrected chi connectivity index (χ1v) is 21.4. The number of hydrogen-bond donors (Lipinski definition) is 0. The van der Waals surface area contributed by atoms with Crippen molar-refractivity contribution in [3.05, 3.63) is 24.3 Å². The average Bonchev–Trinajstić information content (AvgIpc) is 3.62. The van der Waals surface area contributed by atoms with E-state index in [2.05, 4.69) is 99.2 Å². The Labute approximate surface area is 291 Å². The van der Waals surface area contributed by atoms with Gasteiger partial charge < -0.3 is 16.9 Å². The molecule has 2 nitrogen and oxygen atoms in total. The van der Waals surface area contributed by atoms with E-state index in [-0.39, 0.29) is 12.6 Å². The Morgan fingerprint density at radius 3 is 1.20 bits per heavy atom. The molecule has 0 aromatic rings. The third-order valence-electron chi connectivity index (χ3n) is 9.71. The van der Waals surface area contributed by atoms with Crippen LogP contribution in [0, 0.1) is 12.2 Å². The minimum absolute atomic E-state index is 0. The van der Waals surface area contributed by atoms with Gasteiger partial charge in [0.25, 0.3) is 0 Å². The van der Waals surface area contributed by atoms with Gasteiger partial charge in [0.15, 0.2) is 0 Å². The molecule has 0 radical (unpaired) electrons. The monoisotopic (exact) mass is 768 g/mol.